The van der Waals surface area contributed by atoms with Crippen molar-refractivity contribution in [3.8, 4) is 0 Å². The van der Waals surface area contributed by atoms with E-state index in [-0.39, 0.29) is 11.9 Å². The van der Waals surface area contributed by atoms with E-state index in [9.17, 15) is 4.39 Å². The zero-order chi connectivity index (χ0) is 13.7. The molecule has 1 aromatic heterocycles. The van der Waals surface area contributed by atoms with E-state index in [1.54, 1.807) is 0 Å². The Labute approximate surface area is 113 Å². The van der Waals surface area contributed by atoms with Crippen molar-refractivity contribution in [1.29, 1.82) is 0 Å². The van der Waals surface area contributed by atoms with Gasteiger partial charge in [-0.25, -0.2) is 4.39 Å². The number of hydrogen-bond acceptors (Lipinski definition) is 2. The molecule has 2 aromatic rings. The monoisotopic (exact) mass is 258 g/mol. The first-order valence-electron chi connectivity index (χ1n) is 6.60. The summed E-state index contributed by atoms with van der Waals surface area (Å²) in [7, 11) is 0. The summed E-state index contributed by atoms with van der Waals surface area (Å²) in [6, 6.07) is 10.8. The zero-order valence-electron chi connectivity index (χ0n) is 11.4. The van der Waals surface area contributed by atoms with Gasteiger partial charge in [0.2, 0.25) is 0 Å². The Morgan fingerprint density at radius 2 is 1.95 bits per heavy atom. The molecule has 1 N–H and O–H groups in total. The van der Waals surface area contributed by atoms with Crippen LogP contribution in [-0.4, -0.2) is 11.5 Å². The molecule has 1 aromatic carbocycles. The van der Waals surface area contributed by atoms with Gasteiger partial charge in [-0.2, -0.15) is 0 Å². The number of nitrogens with one attached hydrogen (secondary N) is 1. The Morgan fingerprint density at radius 1 is 1.21 bits per heavy atom. The Bertz CT molecular complexity index is 523. The molecular formula is C16H19FN2. The number of halogens is 1. The molecular weight excluding hydrogens is 239 g/mol. The molecule has 3 heteroatoms. The van der Waals surface area contributed by atoms with Crippen LogP contribution in [0.4, 0.5) is 4.39 Å². The van der Waals surface area contributed by atoms with Crippen LogP contribution in [-0.2, 0) is 6.42 Å². The lowest BCUT2D eigenvalue weighted by atomic mass is 10.00. The summed E-state index contributed by atoms with van der Waals surface area (Å²) in [4.78, 5) is 4.47. The van der Waals surface area contributed by atoms with Crippen molar-refractivity contribution in [2.75, 3.05) is 6.54 Å². The second kappa shape index (κ2) is 6.43. The van der Waals surface area contributed by atoms with Crippen molar-refractivity contribution >= 4 is 0 Å². The fourth-order valence-corrected chi connectivity index (χ4v) is 2.23. The van der Waals surface area contributed by atoms with Crippen LogP contribution >= 0.6 is 0 Å². The van der Waals surface area contributed by atoms with Gasteiger partial charge < -0.3 is 5.32 Å². The molecule has 0 aliphatic rings. The van der Waals surface area contributed by atoms with Crippen LogP contribution in [0.1, 0.15) is 29.8 Å². The van der Waals surface area contributed by atoms with Crippen molar-refractivity contribution < 1.29 is 4.39 Å². The van der Waals surface area contributed by atoms with Crippen molar-refractivity contribution in [3.05, 3.63) is 65.2 Å². The molecule has 19 heavy (non-hydrogen) atoms. The molecule has 0 bridgehead atoms. The minimum atomic E-state index is -0.197. The minimum Gasteiger partial charge on any atom is -0.309 e. The van der Waals surface area contributed by atoms with Crippen molar-refractivity contribution in [1.82, 2.24) is 10.3 Å². The zero-order valence-corrected chi connectivity index (χ0v) is 11.4. The molecule has 0 fully saturated rings. The van der Waals surface area contributed by atoms with Gasteiger partial charge in [0.15, 0.2) is 0 Å². The average Bonchev–Trinajstić information content (AvgIpc) is 2.41. The Morgan fingerprint density at radius 3 is 2.58 bits per heavy atom. The standard InChI is InChI=1S/C16H19FN2/c1-3-18-15(16-12(2)5-4-10-19-16)11-13-6-8-14(17)9-7-13/h4-10,15,18H,3,11H2,1-2H3. The molecule has 2 nitrogen and oxygen atoms in total. The molecule has 0 saturated heterocycles. The molecule has 0 radical (unpaired) electrons. The normalized spacial score (nSPS) is 12.4. The third kappa shape index (κ3) is 3.61. The van der Waals surface area contributed by atoms with E-state index in [0.29, 0.717) is 0 Å². The smallest absolute Gasteiger partial charge is 0.123 e. The second-order valence-electron chi connectivity index (χ2n) is 4.65. The summed E-state index contributed by atoms with van der Waals surface area (Å²) in [5.74, 6) is -0.197. The molecule has 0 amide bonds. The fourth-order valence-electron chi connectivity index (χ4n) is 2.23. The third-order valence-electron chi connectivity index (χ3n) is 3.18. The van der Waals surface area contributed by atoms with E-state index in [4.69, 9.17) is 0 Å². The molecule has 0 aliphatic carbocycles. The maximum atomic E-state index is 12.9. The molecule has 0 spiro atoms. The molecule has 1 heterocycles. The first-order chi connectivity index (χ1) is 9.20. The van der Waals surface area contributed by atoms with Crippen LogP contribution < -0.4 is 5.32 Å². The summed E-state index contributed by atoms with van der Waals surface area (Å²) in [5, 5.41) is 3.45. The number of pyridine rings is 1. The van der Waals surface area contributed by atoms with Gasteiger partial charge in [0.1, 0.15) is 5.82 Å². The maximum Gasteiger partial charge on any atom is 0.123 e. The van der Waals surface area contributed by atoms with Crippen LogP contribution in [0, 0.1) is 12.7 Å². The summed E-state index contributed by atoms with van der Waals surface area (Å²) in [6.45, 7) is 5.02. The number of likely N-dealkylation sites (N-methyl/N-ethyl adjacent to an activating group) is 1. The first kappa shape index (κ1) is 13.7. The van der Waals surface area contributed by atoms with Gasteiger partial charge >= 0.3 is 0 Å². The van der Waals surface area contributed by atoms with Crippen molar-refractivity contribution in [2.45, 2.75) is 26.3 Å². The van der Waals surface area contributed by atoms with Gasteiger partial charge in [-0.15, -0.1) is 0 Å². The highest BCUT2D eigenvalue weighted by molar-refractivity contribution is 5.25. The van der Waals surface area contributed by atoms with E-state index >= 15 is 0 Å². The quantitative estimate of drug-likeness (QED) is 0.888. The predicted octanol–water partition coefficient (Wildman–Crippen LogP) is 3.42. The average molecular weight is 258 g/mol. The van der Waals surface area contributed by atoms with Crippen molar-refractivity contribution in [2.24, 2.45) is 0 Å². The number of aromatic nitrogens is 1. The Kier molecular flexibility index (Phi) is 4.63. The number of nitrogens with zero attached hydrogens (tertiary/aromatic N) is 1. The van der Waals surface area contributed by atoms with E-state index < -0.39 is 0 Å². The molecule has 2 rings (SSSR count). The van der Waals surface area contributed by atoms with Gasteiger partial charge in [0.25, 0.3) is 0 Å². The SMILES string of the molecule is CCNC(Cc1ccc(F)cc1)c1ncccc1C. The van der Waals surface area contributed by atoms with Crippen LogP contribution in [0.5, 0.6) is 0 Å². The predicted molar refractivity (Wildman–Crippen MR) is 75.5 cm³/mol. The second-order valence-corrected chi connectivity index (χ2v) is 4.65. The first-order valence-corrected chi connectivity index (χ1v) is 6.60. The Hall–Kier alpha value is -1.74. The highest BCUT2D eigenvalue weighted by Crippen LogP contribution is 2.19. The van der Waals surface area contributed by atoms with Gasteiger partial charge in [-0.1, -0.05) is 25.1 Å². The van der Waals surface area contributed by atoms with E-state index in [1.165, 1.54) is 17.7 Å². The molecule has 100 valence electrons. The van der Waals surface area contributed by atoms with E-state index in [0.717, 1.165) is 24.2 Å². The number of benzene rings is 1. The fraction of sp³-hybridized carbons (Fsp3) is 0.312. The summed E-state index contributed by atoms with van der Waals surface area (Å²) < 4.78 is 12.9. The Balaban J connectivity index is 2.21. The van der Waals surface area contributed by atoms with Gasteiger partial charge in [-0.3, -0.25) is 4.98 Å². The molecule has 1 unspecified atom stereocenters. The van der Waals surface area contributed by atoms with Gasteiger partial charge in [0.05, 0.1) is 11.7 Å². The van der Waals surface area contributed by atoms with Crippen LogP contribution in [0.3, 0.4) is 0 Å². The maximum absolute atomic E-state index is 12.9. The van der Waals surface area contributed by atoms with Crippen LogP contribution in [0.25, 0.3) is 0 Å². The summed E-state index contributed by atoms with van der Waals surface area (Å²) in [5.41, 5.74) is 3.35. The largest absolute Gasteiger partial charge is 0.309 e. The molecule has 0 aliphatic heterocycles. The van der Waals surface area contributed by atoms with Crippen LogP contribution in [0.15, 0.2) is 42.6 Å². The lowest BCUT2D eigenvalue weighted by Crippen LogP contribution is -2.24. The highest BCUT2D eigenvalue weighted by atomic mass is 19.1. The van der Waals surface area contributed by atoms with Gasteiger partial charge in [-0.05, 0) is 49.2 Å². The number of rotatable bonds is 5. The third-order valence-corrected chi connectivity index (χ3v) is 3.18. The molecule has 0 saturated carbocycles. The number of hydrogen-bond donors (Lipinski definition) is 1. The molecule has 1 atom stereocenters. The lowest BCUT2D eigenvalue weighted by Gasteiger charge is -2.19. The lowest BCUT2D eigenvalue weighted by molar-refractivity contribution is 0.533. The minimum absolute atomic E-state index is 0.164. The summed E-state index contributed by atoms with van der Waals surface area (Å²) in [6.07, 6.45) is 2.63. The topological polar surface area (TPSA) is 24.9 Å². The van der Waals surface area contributed by atoms with E-state index in [1.807, 2.05) is 24.4 Å². The van der Waals surface area contributed by atoms with Gasteiger partial charge in [0, 0.05) is 6.20 Å². The van der Waals surface area contributed by atoms with Crippen molar-refractivity contribution in [3.63, 3.8) is 0 Å². The van der Waals surface area contributed by atoms with E-state index in [2.05, 4.69) is 30.2 Å². The summed E-state index contributed by atoms with van der Waals surface area (Å²) >= 11 is 0. The van der Waals surface area contributed by atoms with Crippen LogP contribution in [0.2, 0.25) is 0 Å². The highest BCUT2D eigenvalue weighted by Gasteiger charge is 2.14. The number of aryl methyl sites for hydroxylation is 1.